The van der Waals surface area contributed by atoms with Gasteiger partial charge in [-0.15, -0.1) is 0 Å². The van der Waals surface area contributed by atoms with Crippen LogP contribution in [0.4, 0.5) is 0 Å². The molecule has 2 rings (SSSR count). The minimum absolute atomic E-state index is 0.0284. The Kier molecular flexibility index (Phi) is 3.70. The van der Waals surface area contributed by atoms with Crippen LogP contribution < -0.4 is 11.2 Å². The van der Waals surface area contributed by atoms with Gasteiger partial charge in [-0.05, 0) is 25.0 Å². The molecule has 5 heteroatoms. The van der Waals surface area contributed by atoms with Gasteiger partial charge in [-0.25, -0.2) is 4.79 Å². The topological polar surface area (TPSA) is 61.1 Å². The molecule has 1 aromatic heterocycles. The predicted molar refractivity (Wildman–Crippen MR) is 76.2 cm³/mol. The van der Waals surface area contributed by atoms with Crippen molar-refractivity contribution in [2.24, 2.45) is 7.05 Å². The van der Waals surface area contributed by atoms with E-state index in [0.717, 1.165) is 15.7 Å². The standard InChI is InChI=1S/C15H16N2O3/c1-10-6-4-5-7-12(10)8-17-9-13(11(2)18)14(19)16(3)15(17)20/h4-7,9H,8H2,1-3H3. The van der Waals surface area contributed by atoms with Crippen molar-refractivity contribution in [2.45, 2.75) is 20.4 Å². The van der Waals surface area contributed by atoms with Crippen molar-refractivity contribution in [1.29, 1.82) is 0 Å². The largest absolute Gasteiger partial charge is 0.331 e. The third kappa shape index (κ3) is 2.47. The van der Waals surface area contributed by atoms with E-state index < -0.39 is 11.2 Å². The number of carbonyl (C=O) groups is 1. The lowest BCUT2D eigenvalue weighted by atomic mass is 10.1. The molecule has 0 saturated carbocycles. The van der Waals surface area contributed by atoms with Gasteiger partial charge in [0.1, 0.15) is 0 Å². The first-order valence-electron chi connectivity index (χ1n) is 6.27. The lowest BCUT2D eigenvalue weighted by Gasteiger charge is -2.11. The van der Waals surface area contributed by atoms with Gasteiger partial charge in [0.25, 0.3) is 5.56 Å². The third-order valence-electron chi connectivity index (χ3n) is 3.33. The van der Waals surface area contributed by atoms with E-state index in [1.54, 1.807) is 0 Å². The first-order chi connectivity index (χ1) is 9.41. The third-order valence-corrected chi connectivity index (χ3v) is 3.33. The van der Waals surface area contributed by atoms with E-state index in [2.05, 4.69) is 0 Å². The summed E-state index contributed by atoms with van der Waals surface area (Å²) in [5, 5.41) is 0. The second-order valence-electron chi connectivity index (χ2n) is 4.80. The fourth-order valence-corrected chi connectivity index (χ4v) is 2.05. The number of benzene rings is 1. The number of nitrogens with zero attached hydrogens (tertiary/aromatic N) is 2. The average Bonchev–Trinajstić information content (AvgIpc) is 2.41. The average molecular weight is 272 g/mol. The van der Waals surface area contributed by atoms with Gasteiger partial charge in [0, 0.05) is 13.2 Å². The zero-order chi connectivity index (χ0) is 14.9. The van der Waals surface area contributed by atoms with Crippen molar-refractivity contribution in [3.8, 4) is 0 Å². The van der Waals surface area contributed by atoms with Crippen LogP contribution in [0, 0.1) is 6.92 Å². The summed E-state index contributed by atoms with van der Waals surface area (Å²) in [5.41, 5.74) is 1.08. The number of hydrogen-bond donors (Lipinski definition) is 0. The molecule has 5 nitrogen and oxygen atoms in total. The lowest BCUT2D eigenvalue weighted by Crippen LogP contribution is -2.40. The van der Waals surface area contributed by atoms with E-state index >= 15 is 0 Å². The van der Waals surface area contributed by atoms with Crippen LogP contribution >= 0.6 is 0 Å². The van der Waals surface area contributed by atoms with Crippen molar-refractivity contribution in [3.63, 3.8) is 0 Å². The molecule has 1 heterocycles. The quantitative estimate of drug-likeness (QED) is 0.786. The molecule has 1 aromatic carbocycles. The number of carbonyl (C=O) groups excluding carboxylic acids is 1. The van der Waals surface area contributed by atoms with Crippen molar-refractivity contribution < 1.29 is 4.79 Å². The summed E-state index contributed by atoms with van der Waals surface area (Å²) >= 11 is 0. The maximum Gasteiger partial charge on any atom is 0.331 e. The minimum atomic E-state index is -0.552. The maximum absolute atomic E-state index is 12.1. The molecule has 20 heavy (non-hydrogen) atoms. The summed E-state index contributed by atoms with van der Waals surface area (Å²) in [7, 11) is 1.38. The molecule has 0 bridgehead atoms. The van der Waals surface area contributed by atoms with Gasteiger partial charge in [0.2, 0.25) is 0 Å². The number of aromatic nitrogens is 2. The number of rotatable bonds is 3. The maximum atomic E-state index is 12.1. The molecular formula is C15H16N2O3. The van der Waals surface area contributed by atoms with E-state index in [0.29, 0.717) is 6.54 Å². The number of Topliss-reactive ketones (excluding diaryl/α,β-unsaturated/α-hetero) is 1. The van der Waals surface area contributed by atoms with Crippen LogP contribution in [0.5, 0.6) is 0 Å². The van der Waals surface area contributed by atoms with Crippen molar-refractivity contribution >= 4 is 5.78 Å². The molecule has 104 valence electrons. The van der Waals surface area contributed by atoms with Crippen LogP contribution in [0.2, 0.25) is 0 Å². The van der Waals surface area contributed by atoms with Crippen LogP contribution in [-0.4, -0.2) is 14.9 Å². The van der Waals surface area contributed by atoms with Gasteiger partial charge >= 0.3 is 5.69 Å². The highest BCUT2D eigenvalue weighted by Crippen LogP contribution is 2.08. The van der Waals surface area contributed by atoms with Crippen LogP contribution in [0.3, 0.4) is 0 Å². The van der Waals surface area contributed by atoms with Crippen molar-refractivity contribution in [1.82, 2.24) is 9.13 Å². The Morgan fingerprint density at radius 2 is 1.85 bits per heavy atom. The molecule has 0 unspecified atom stereocenters. The number of ketones is 1. The SMILES string of the molecule is CC(=O)c1cn(Cc2ccccc2C)c(=O)n(C)c1=O. The smallest absolute Gasteiger partial charge is 0.295 e. The van der Waals surface area contributed by atoms with Gasteiger partial charge in [0.15, 0.2) is 5.78 Å². The normalized spacial score (nSPS) is 10.6. The molecule has 0 amide bonds. The summed E-state index contributed by atoms with van der Waals surface area (Å²) in [4.78, 5) is 35.4. The van der Waals surface area contributed by atoms with E-state index in [-0.39, 0.29) is 11.3 Å². The van der Waals surface area contributed by atoms with Crippen molar-refractivity contribution in [2.75, 3.05) is 0 Å². The molecule has 0 aliphatic heterocycles. The Labute approximate surface area is 116 Å². The van der Waals surface area contributed by atoms with Crippen molar-refractivity contribution in [3.05, 3.63) is 68.0 Å². The number of hydrogen-bond acceptors (Lipinski definition) is 3. The van der Waals surface area contributed by atoms with Crippen LogP contribution in [0.1, 0.15) is 28.4 Å². The second-order valence-corrected chi connectivity index (χ2v) is 4.80. The molecule has 0 atom stereocenters. The molecule has 0 fully saturated rings. The molecule has 0 radical (unpaired) electrons. The molecule has 0 spiro atoms. The van der Waals surface area contributed by atoms with Gasteiger partial charge in [0.05, 0.1) is 12.1 Å². The Morgan fingerprint density at radius 3 is 2.45 bits per heavy atom. The Hall–Kier alpha value is -2.43. The highest BCUT2D eigenvalue weighted by molar-refractivity contribution is 5.93. The molecule has 2 aromatic rings. The monoisotopic (exact) mass is 272 g/mol. The summed E-state index contributed by atoms with van der Waals surface area (Å²) in [6.07, 6.45) is 1.35. The molecule has 0 aliphatic rings. The summed E-state index contributed by atoms with van der Waals surface area (Å²) in [6, 6.07) is 7.68. The zero-order valence-electron chi connectivity index (χ0n) is 11.7. The first-order valence-corrected chi connectivity index (χ1v) is 6.27. The fourth-order valence-electron chi connectivity index (χ4n) is 2.05. The summed E-state index contributed by atoms with van der Waals surface area (Å²) < 4.78 is 2.36. The zero-order valence-corrected chi connectivity index (χ0v) is 11.7. The second kappa shape index (κ2) is 5.28. The fraction of sp³-hybridized carbons (Fsp3) is 0.267. The molecule has 0 aliphatic carbocycles. The van der Waals surface area contributed by atoms with Crippen LogP contribution in [0.25, 0.3) is 0 Å². The highest BCUT2D eigenvalue weighted by Gasteiger charge is 2.12. The molecular weight excluding hydrogens is 256 g/mol. The van der Waals surface area contributed by atoms with Crippen LogP contribution in [0.15, 0.2) is 40.1 Å². The van der Waals surface area contributed by atoms with Gasteiger partial charge in [-0.3, -0.25) is 18.7 Å². The number of aryl methyl sites for hydroxylation is 1. The summed E-state index contributed by atoms with van der Waals surface area (Å²) in [6.45, 7) is 3.60. The van der Waals surface area contributed by atoms with Gasteiger partial charge < -0.3 is 0 Å². The van der Waals surface area contributed by atoms with Gasteiger partial charge in [-0.1, -0.05) is 24.3 Å². The summed E-state index contributed by atoms with van der Waals surface area (Å²) in [5.74, 6) is -0.343. The van der Waals surface area contributed by atoms with Gasteiger partial charge in [-0.2, -0.15) is 0 Å². The predicted octanol–water partition coefficient (Wildman–Crippen LogP) is 1.11. The van der Waals surface area contributed by atoms with E-state index in [9.17, 15) is 14.4 Å². The molecule has 0 N–H and O–H groups in total. The first kappa shape index (κ1) is 14.0. The highest BCUT2D eigenvalue weighted by atomic mass is 16.2. The van der Waals surface area contributed by atoms with E-state index in [1.807, 2.05) is 31.2 Å². The minimum Gasteiger partial charge on any atom is -0.295 e. The Balaban J connectivity index is 2.59. The lowest BCUT2D eigenvalue weighted by molar-refractivity contribution is 0.101. The van der Waals surface area contributed by atoms with E-state index in [4.69, 9.17) is 0 Å². The Bertz CT molecular complexity index is 784. The Morgan fingerprint density at radius 1 is 1.20 bits per heavy atom. The van der Waals surface area contributed by atoms with Crippen LogP contribution in [-0.2, 0) is 13.6 Å². The van der Waals surface area contributed by atoms with E-state index in [1.165, 1.54) is 24.7 Å². The molecule has 0 saturated heterocycles.